The molecule has 0 radical (unpaired) electrons. The van der Waals surface area contributed by atoms with Gasteiger partial charge in [-0.1, -0.05) is 24.3 Å². The number of imide groups is 1. The van der Waals surface area contributed by atoms with Crippen LogP contribution in [0.15, 0.2) is 24.3 Å². The number of ether oxygens (including phenoxy) is 1. The fraction of sp³-hybridized carbons (Fsp3) is 0.654. The second-order valence-corrected chi connectivity index (χ2v) is 10.6. The van der Waals surface area contributed by atoms with Crippen LogP contribution < -0.4 is 5.32 Å². The Kier molecular flexibility index (Phi) is 5.60. The van der Waals surface area contributed by atoms with Gasteiger partial charge < -0.3 is 10.1 Å². The largest absolute Gasteiger partial charge is 0.383 e. The molecule has 32 heavy (non-hydrogen) atoms. The Morgan fingerprint density at radius 1 is 1.09 bits per heavy atom. The molecule has 3 amide bonds. The molecule has 5 aliphatic rings. The van der Waals surface area contributed by atoms with Gasteiger partial charge in [0.1, 0.15) is 0 Å². The summed E-state index contributed by atoms with van der Waals surface area (Å²) in [5.74, 6) is 2.24. The van der Waals surface area contributed by atoms with Crippen LogP contribution in [0.4, 0.5) is 0 Å². The van der Waals surface area contributed by atoms with Gasteiger partial charge in [0.25, 0.3) is 0 Å². The first-order valence-electron chi connectivity index (χ1n) is 12.1. The third kappa shape index (κ3) is 3.57. The van der Waals surface area contributed by atoms with E-state index in [2.05, 4.69) is 5.32 Å². The van der Waals surface area contributed by atoms with Crippen molar-refractivity contribution in [1.29, 1.82) is 0 Å². The number of hydrogen-bond donors (Lipinski definition) is 1. The summed E-state index contributed by atoms with van der Waals surface area (Å²) in [6, 6.07) is 7.88. The van der Waals surface area contributed by atoms with Crippen LogP contribution in [-0.4, -0.2) is 48.9 Å². The zero-order valence-corrected chi connectivity index (χ0v) is 19.1. The summed E-state index contributed by atoms with van der Waals surface area (Å²) in [6.07, 6.45) is 6.33. The lowest BCUT2D eigenvalue weighted by atomic mass is 9.54. The summed E-state index contributed by atoms with van der Waals surface area (Å²) in [6.45, 7) is 2.46. The quantitative estimate of drug-likeness (QED) is 0.664. The van der Waals surface area contributed by atoms with Crippen LogP contribution in [0, 0.1) is 30.6 Å². The molecule has 1 N–H and O–H groups in total. The van der Waals surface area contributed by atoms with Gasteiger partial charge in [0, 0.05) is 26.0 Å². The Hall–Kier alpha value is -2.21. The van der Waals surface area contributed by atoms with Gasteiger partial charge in [-0.3, -0.25) is 19.3 Å². The van der Waals surface area contributed by atoms with E-state index < -0.39 is 5.41 Å². The molecule has 4 bridgehead atoms. The van der Waals surface area contributed by atoms with Crippen molar-refractivity contribution in [3.05, 3.63) is 35.4 Å². The van der Waals surface area contributed by atoms with Crippen molar-refractivity contribution in [2.45, 2.75) is 63.3 Å². The second kappa shape index (κ2) is 8.29. The second-order valence-electron chi connectivity index (χ2n) is 10.6. The molecule has 172 valence electrons. The highest BCUT2D eigenvalue weighted by molar-refractivity contribution is 6.11. The average Bonchev–Trinajstić information content (AvgIpc) is 2.98. The molecule has 0 aromatic heterocycles. The normalized spacial score (nSPS) is 35.6. The predicted octanol–water partition coefficient (Wildman–Crippen LogP) is 2.97. The third-order valence-electron chi connectivity index (χ3n) is 8.60. The van der Waals surface area contributed by atoms with Crippen LogP contribution >= 0.6 is 0 Å². The van der Waals surface area contributed by atoms with Crippen molar-refractivity contribution in [1.82, 2.24) is 10.2 Å². The summed E-state index contributed by atoms with van der Waals surface area (Å²) in [5.41, 5.74) is 0.592. The van der Waals surface area contributed by atoms with Crippen molar-refractivity contribution in [3.63, 3.8) is 0 Å². The molecular formula is C26H34N2O4. The van der Waals surface area contributed by atoms with Crippen LogP contribution in [0.5, 0.6) is 0 Å². The number of likely N-dealkylation sites (tertiary alicyclic amines) is 1. The monoisotopic (exact) mass is 438 g/mol. The topological polar surface area (TPSA) is 75.7 Å². The van der Waals surface area contributed by atoms with E-state index in [4.69, 9.17) is 4.74 Å². The van der Waals surface area contributed by atoms with Crippen LogP contribution in [0.3, 0.4) is 0 Å². The van der Waals surface area contributed by atoms with E-state index in [1.54, 1.807) is 7.11 Å². The fourth-order valence-electron chi connectivity index (χ4n) is 7.44. The molecule has 5 fully saturated rings. The van der Waals surface area contributed by atoms with E-state index >= 15 is 0 Å². The number of aryl methyl sites for hydroxylation is 1. The molecule has 1 atom stereocenters. The van der Waals surface area contributed by atoms with Crippen molar-refractivity contribution in [2.24, 2.45) is 23.7 Å². The van der Waals surface area contributed by atoms with Gasteiger partial charge in [-0.25, -0.2) is 0 Å². The predicted molar refractivity (Wildman–Crippen MR) is 120 cm³/mol. The number of nitrogens with one attached hydrogen (secondary N) is 1. The Balaban J connectivity index is 1.39. The molecule has 1 saturated heterocycles. The minimum Gasteiger partial charge on any atom is -0.383 e. The van der Waals surface area contributed by atoms with Gasteiger partial charge in [-0.15, -0.1) is 0 Å². The minimum absolute atomic E-state index is 0.0225. The SMILES string of the molecule is COCCN1C(=O)CC(CC(=O)NC2C3CC4CC(C3)CC2C4)(c2ccccc2C)C1=O. The number of nitrogens with zero attached hydrogens (tertiary/aromatic N) is 1. The lowest BCUT2D eigenvalue weighted by molar-refractivity contribution is -0.142. The standard InChI is InChI=1S/C26H34N2O4/c1-16-5-3-4-6-21(16)26(15-23(30)28(25(26)31)7-8-32-2)14-22(29)27-24-19-10-17-9-18(12-19)13-20(24)11-17/h3-6,17-20,24H,7-15H2,1-2H3,(H,27,29). The molecule has 6 heteroatoms. The molecule has 1 aliphatic heterocycles. The van der Waals surface area contributed by atoms with Crippen molar-refractivity contribution < 1.29 is 19.1 Å². The number of carbonyl (C=O) groups is 3. The summed E-state index contributed by atoms with van der Waals surface area (Å²) in [7, 11) is 1.55. The van der Waals surface area contributed by atoms with E-state index in [0.29, 0.717) is 18.4 Å². The Labute approximate surface area is 190 Å². The third-order valence-corrected chi connectivity index (χ3v) is 8.60. The van der Waals surface area contributed by atoms with Crippen molar-refractivity contribution >= 4 is 17.7 Å². The van der Waals surface area contributed by atoms with Crippen LogP contribution in [-0.2, 0) is 24.5 Å². The average molecular weight is 439 g/mol. The molecular weight excluding hydrogens is 404 g/mol. The summed E-state index contributed by atoms with van der Waals surface area (Å²) < 4.78 is 5.11. The molecule has 1 unspecified atom stereocenters. The van der Waals surface area contributed by atoms with Crippen LogP contribution in [0.2, 0.25) is 0 Å². The number of methoxy groups -OCH3 is 1. The lowest BCUT2D eigenvalue weighted by Gasteiger charge is -2.54. The first-order chi connectivity index (χ1) is 15.4. The van der Waals surface area contributed by atoms with E-state index in [0.717, 1.165) is 23.0 Å². The lowest BCUT2D eigenvalue weighted by Crippen LogP contribution is -2.56. The van der Waals surface area contributed by atoms with Gasteiger partial charge in [0.2, 0.25) is 17.7 Å². The molecule has 6 rings (SSSR count). The molecule has 1 aromatic rings. The van der Waals surface area contributed by atoms with Crippen molar-refractivity contribution in [3.8, 4) is 0 Å². The number of amides is 3. The van der Waals surface area contributed by atoms with Crippen LogP contribution in [0.25, 0.3) is 0 Å². The maximum absolute atomic E-state index is 13.6. The summed E-state index contributed by atoms with van der Waals surface area (Å²) in [4.78, 5) is 41.2. The molecule has 1 aromatic carbocycles. The van der Waals surface area contributed by atoms with E-state index in [1.165, 1.54) is 37.0 Å². The fourth-order valence-corrected chi connectivity index (χ4v) is 7.44. The van der Waals surface area contributed by atoms with Gasteiger partial charge in [-0.2, -0.15) is 0 Å². The van der Waals surface area contributed by atoms with Gasteiger partial charge in [0.15, 0.2) is 0 Å². The molecule has 0 spiro atoms. The number of hydrogen-bond acceptors (Lipinski definition) is 4. The number of carbonyl (C=O) groups excluding carboxylic acids is 3. The smallest absolute Gasteiger partial charge is 0.240 e. The molecule has 4 aliphatic carbocycles. The Bertz CT molecular complexity index is 900. The Morgan fingerprint density at radius 2 is 1.75 bits per heavy atom. The zero-order chi connectivity index (χ0) is 22.5. The maximum Gasteiger partial charge on any atom is 0.240 e. The molecule has 6 nitrogen and oxygen atoms in total. The summed E-state index contributed by atoms with van der Waals surface area (Å²) >= 11 is 0. The first kappa shape index (κ1) is 21.6. The molecule has 1 heterocycles. The highest BCUT2D eigenvalue weighted by Gasteiger charge is 2.55. The van der Waals surface area contributed by atoms with E-state index in [-0.39, 0.29) is 43.1 Å². The van der Waals surface area contributed by atoms with E-state index in [9.17, 15) is 14.4 Å². The highest BCUT2D eigenvalue weighted by atomic mass is 16.5. The van der Waals surface area contributed by atoms with Gasteiger partial charge in [0.05, 0.1) is 18.6 Å². The number of rotatable bonds is 7. The minimum atomic E-state index is -1.13. The summed E-state index contributed by atoms with van der Waals surface area (Å²) in [5, 5.41) is 3.35. The first-order valence-corrected chi connectivity index (χ1v) is 12.1. The maximum atomic E-state index is 13.6. The van der Waals surface area contributed by atoms with Gasteiger partial charge in [-0.05, 0) is 73.8 Å². The highest BCUT2D eigenvalue weighted by Crippen LogP contribution is 2.54. The van der Waals surface area contributed by atoms with Gasteiger partial charge >= 0.3 is 0 Å². The molecule has 4 saturated carbocycles. The van der Waals surface area contributed by atoms with E-state index in [1.807, 2.05) is 31.2 Å². The Morgan fingerprint density at radius 3 is 2.38 bits per heavy atom. The van der Waals surface area contributed by atoms with Crippen LogP contribution in [0.1, 0.15) is 56.1 Å². The zero-order valence-electron chi connectivity index (χ0n) is 19.1. The number of benzene rings is 1. The van der Waals surface area contributed by atoms with Crippen molar-refractivity contribution in [2.75, 3.05) is 20.3 Å².